The van der Waals surface area contributed by atoms with Crippen LogP contribution in [0.1, 0.15) is 18.4 Å². The molecule has 34 heavy (non-hydrogen) atoms. The maximum Gasteiger partial charge on any atom is 0.490 e. The van der Waals surface area contributed by atoms with E-state index in [0.717, 1.165) is 50.3 Å². The van der Waals surface area contributed by atoms with Crippen LogP contribution in [-0.4, -0.2) is 84.4 Å². The number of rotatable bonds is 8. The summed E-state index contributed by atoms with van der Waals surface area (Å²) >= 11 is 0. The fourth-order valence-electron chi connectivity index (χ4n) is 3.22. The van der Waals surface area contributed by atoms with E-state index in [9.17, 15) is 22.4 Å². The molecule has 0 radical (unpaired) electrons. The van der Waals surface area contributed by atoms with E-state index in [1.165, 1.54) is 12.1 Å². The van der Waals surface area contributed by atoms with Gasteiger partial charge in [-0.3, -0.25) is 4.79 Å². The van der Waals surface area contributed by atoms with Crippen LogP contribution in [0.2, 0.25) is 0 Å². The van der Waals surface area contributed by atoms with E-state index in [0.29, 0.717) is 25.1 Å². The first kappa shape index (κ1) is 27.3. The number of nitrogens with zero attached hydrogens (tertiary/aromatic N) is 3. The number of alkyl halides is 3. The highest BCUT2D eigenvalue weighted by molar-refractivity contribution is 5.76. The molecule has 0 unspecified atom stereocenters. The maximum absolute atomic E-state index is 13.1. The average molecular weight is 488 g/mol. The Hall–Kier alpha value is -2.99. The van der Waals surface area contributed by atoms with E-state index in [4.69, 9.17) is 14.4 Å². The van der Waals surface area contributed by atoms with Crippen molar-refractivity contribution in [2.75, 3.05) is 46.3 Å². The topological polar surface area (TPSA) is 98.9 Å². The Morgan fingerprint density at radius 3 is 2.35 bits per heavy atom. The van der Waals surface area contributed by atoms with Gasteiger partial charge in [0.25, 0.3) is 0 Å². The second-order valence-electron chi connectivity index (χ2n) is 7.84. The third-order valence-corrected chi connectivity index (χ3v) is 5.18. The zero-order valence-electron chi connectivity index (χ0n) is 18.8. The SMILES string of the molecule is CN1CCN(CCCNC(=O)CCc2cnoc2-c2ccc(F)cc2)CC1.O=C(O)C(F)(F)F. The van der Waals surface area contributed by atoms with Gasteiger partial charge in [0, 0.05) is 50.3 Å². The first-order valence-electron chi connectivity index (χ1n) is 10.7. The van der Waals surface area contributed by atoms with Gasteiger partial charge in [0.2, 0.25) is 5.91 Å². The minimum absolute atomic E-state index is 0.0274. The molecule has 0 spiro atoms. The molecule has 188 valence electrons. The van der Waals surface area contributed by atoms with Gasteiger partial charge in [-0.1, -0.05) is 5.16 Å². The summed E-state index contributed by atoms with van der Waals surface area (Å²) in [5, 5.41) is 13.9. The summed E-state index contributed by atoms with van der Waals surface area (Å²) in [7, 11) is 2.15. The molecule has 0 aliphatic carbocycles. The molecule has 2 N–H and O–H groups in total. The van der Waals surface area contributed by atoms with Crippen molar-refractivity contribution in [1.82, 2.24) is 20.3 Å². The van der Waals surface area contributed by atoms with E-state index in [1.54, 1.807) is 18.3 Å². The van der Waals surface area contributed by atoms with Crippen LogP contribution in [0.25, 0.3) is 11.3 Å². The smallest absolute Gasteiger partial charge is 0.475 e. The van der Waals surface area contributed by atoms with Gasteiger partial charge in [-0.2, -0.15) is 13.2 Å². The van der Waals surface area contributed by atoms with Gasteiger partial charge < -0.3 is 24.7 Å². The largest absolute Gasteiger partial charge is 0.490 e. The van der Waals surface area contributed by atoms with Gasteiger partial charge in [0.1, 0.15) is 5.82 Å². The van der Waals surface area contributed by atoms with Gasteiger partial charge in [-0.15, -0.1) is 0 Å². The summed E-state index contributed by atoms with van der Waals surface area (Å²) in [6, 6.07) is 6.07. The highest BCUT2D eigenvalue weighted by Crippen LogP contribution is 2.24. The lowest BCUT2D eigenvalue weighted by Gasteiger charge is -2.32. The highest BCUT2D eigenvalue weighted by atomic mass is 19.4. The molecule has 0 bridgehead atoms. The molecule has 3 rings (SSSR count). The van der Waals surface area contributed by atoms with Crippen molar-refractivity contribution in [2.24, 2.45) is 0 Å². The summed E-state index contributed by atoms with van der Waals surface area (Å²) in [5.41, 5.74) is 1.62. The molecule has 1 amide bonds. The fourth-order valence-corrected chi connectivity index (χ4v) is 3.22. The van der Waals surface area contributed by atoms with Crippen LogP contribution in [0.5, 0.6) is 0 Å². The third kappa shape index (κ3) is 9.48. The predicted molar refractivity (Wildman–Crippen MR) is 115 cm³/mol. The quantitative estimate of drug-likeness (QED) is 0.436. The molecule has 0 saturated carbocycles. The van der Waals surface area contributed by atoms with Crippen molar-refractivity contribution in [3.63, 3.8) is 0 Å². The Morgan fingerprint density at radius 1 is 1.15 bits per heavy atom. The Bertz CT molecular complexity index is 910. The van der Waals surface area contributed by atoms with Gasteiger partial charge in [0.15, 0.2) is 5.76 Å². The third-order valence-electron chi connectivity index (χ3n) is 5.18. The molecule has 1 aromatic heterocycles. The van der Waals surface area contributed by atoms with Gasteiger partial charge >= 0.3 is 12.1 Å². The number of piperazine rings is 1. The molecule has 2 heterocycles. The molecule has 1 aromatic carbocycles. The summed E-state index contributed by atoms with van der Waals surface area (Å²) in [6.07, 6.45) is -1.58. The zero-order chi connectivity index (χ0) is 25.1. The van der Waals surface area contributed by atoms with Crippen LogP contribution in [0.3, 0.4) is 0 Å². The number of carboxylic acids is 1. The van der Waals surface area contributed by atoms with E-state index < -0.39 is 12.1 Å². The minimum atomic E-state index is -5.08. The Morgan fingerprint density at radius 2 is 1.76 bits per heavy atom. The molecule has 12 heteroatoms. The number of nitrogens with one attached hydrogen (secondary N) is 1. The van der Waals surface area contributed by atoms with E-state index >= 15 is 0 Å². The number of halogens is 4. The van der Waals surface area contributed by atoms with Gasteiger partial charge in [0.05, 0.1) is 6.20 Å². The van der Waals surface area contributed by atoms with Crippen LogP contribution in [0.15, 0.2) is 35.0 Å². The van der Waals surface area contributed by atoms with E-state index in [1.807, 2.05) is 0 Å². The summed E-state index contributed by atoms with van der Waals surface area (Å²) < 4.78 is 50.1. The number of aryl methyl sites for hydroxylation is 1. The molecule has 8 nitrogen and oxygen atoms in total. The Kier molecular flexibility index (Phi) is 10.5. The standard InChI is InChI=1S/C20H27FN4O2.C2HF3O2/c1-24-11-13-25(14-12-24)10-2-9-22-19(26)8-5-17-15-23-27-20(17)16-3-6-18(21)7-4-16;3-2(4,5)1(6)7/h3-4,6-7,15H,2,5,8-14H2,1H3,(H,22,26);(H,6,7). The van der Waals surface area contributed by atoms with Crippen molar-refractivity contribution >= 4 is 11.9 Å². The van der Waals surface area contributed by atoms with E-state index in [2.05, 4.69) is 27.3 Å². The first-order chi connectivity index (χ1) is 16.1. The first-order valence-corrected chi connectivity index (χ1v) is 10.7. The second kappa shape index (κ2) is 13.0. The van der Waals surface area contributed by atoms with Crippen LogP contribution >= 0.6 is 0 Å². The lowest BCUT2D eigenvalue weighted by Crippen LogP contribution is -2.45. The Balaban J connectivity index is 0.000000509. The number of amides is 1. The number of aromatic nitrogens is 1. The monoisotopic (exact) mass is 488 g/mol. The van der Waals surface area contributed by atoms with Crippen molar-refractivity contribution in [2.45, 2.75) is 25.4 Å². The lowest BCUT2D eigenvalue weighted by molar-refractivity contribution is -0.192. The summed E-state index contributed by atoms with van der Waals surface area (Å²) in [6.45, 7) is 6.14. The van der Waals surface area contributed by atoms with Crippen LogP contribution in [0.4, 0.5) is 17.6 Å². The molecular formula is C22H28F4N4O4. The van der Waals surface area contributed by atoms with Gasteiger partial charge in [-0.05, 0) is 50.7 Å². The number of carbonyl (C=O) groups is 2. The normalized spacial score (nSPS) is 14.9. The van der Waals surface area contributed by atoms with Crippen LogP contribution in [-0.2, 0) is 16.0 Å². The van der Waals surface area contributed by atoms with Crippen molar-refractivity contribution in [3.05, 3.63) is 41.8 Å². The maximum atomic E-state index is 13.1. The highest BCUT2D eigenvalue weighted by Gasteiger charge is 2.38. The minimum Gasteiger partial charge on any atom is -0.475 e. The average Bonchev–Trinajstić information content (AvgIpc) is 3.25. The predicted octanol–water partition coefficient (Wildman–Crippen LogP) is 2.80. The summed E-state index contributed by atoms with van der Waals surface area (Å²) in [5.74, 6) is -2.43. The molecule has 1 aliphatic heterocycles. The summed E-state index contributed by atoms with van der Waals surface area (Å²) in [4.78, 5) is 25.8. The van der Waals surface area contributed by atoms with Crippen molar-refractivity contribution in [1.29, 1.82) is 0 Å². The number of likely N-dealkylation sites (N-methyl/N-ethyl adjacent to an activating group) is 1. The fraction of sp³-hybridized carbons (Fsp3) is 0.500. The van der Waals surface area contributed by atoms with Crippen LogP contribution < -0.4 is 5.32 Å². The number of hydrogen-bond donors (Lipinski definition) is 2. The molecule has 1 saturated heterocycles. The lowest BCUT2D eigenvalue weighted by atomic mass is 10.1. The molecule has 0 atom stereocenters. The number of aliphatic carboxylic acids is 1. The molecule has 2 aromatic rings. The van der Waals surface area contributed by atoms with Gasteiger partial charge in [-0.25, -0.2) is 9.18 Å². The van der Waals surface area contributed by atoms with Crippen molar-refractivity contribution in [3.8, 4) is 11.3 Å². The van der Waals surface area contributed by atoms with Crippen LogP contribution in [0, 0.1) is 5.82 Å². The van der Waals surface area contributed by atoms with Crippen molar-refractivity contribution < 1.29 is 36.8 Å². The molecule has 1 aliphatic rings. The molecule has 1 fully saturated rings. The molecular weight excluding hydrogens is 460 g/mol. The second-order valence-corrected chi connectivity index (χ2v) is 7.84. The number of benzene rings is 1. The van der Waals surface area contributed by atoms with E-state index in [-0.39, 0.29) is 11.7 Å². The zero-order valence-corrected chi connectivity index (χ0v) is 18.8. The number of carbonyl (C=O) groups excluding carboxylic acids is 1. The number of hydrogen-bond acceptors (Lipinski definition) is 6. The Labute approximate surface area is 194 Å². The number of carboxylic acid groups (broad SMARTS) is 1.